The normalized spacial score (nSPS) is 38.0. The second-order valence-corrected chi connectivity index (χ2v) is 11.0. The molecule has 7 nitrogen and oxygen atoms in total. The largest absolute Gasteiger partial charge is 0.395 e. The molecule has 30 heavy (non-hydrogen) atoms. The Morgan fingerprint density at radius 3 is 2.63 bits per heavy atom. The van der Waals surface area contributed by atoms with Crippen LogP contribution in [0.3, 0.4) is 0 Å². The smallest absolute Gasteiger partial charge is 0.244 e. The zero-order chi connectivity index (χ0) is 21.5. The number of carbonyl (C=O) groups is 3. The number of aliphatic hydroxyl groups excluding tert-OH is 1. The van der Waals surface area contributed by atoms with Crippen LogP contribution < -0.4 is 10.6 Å². The maximum absolute atomic E-state index is 13.6. The Balaban J connectivity index is 1.64. The molecule has 3 amide bonds. The quantitative estimate of drug-likeness (QED) is 0.558. The second-order valence-electron chi connectivity index (χ2n) is 9.44. The number of nitrogens with one attached hydrogen (secondary N) is 2. The predicted molar refractivity (Wildman–Crippen MR) is 116 cm³/mol. The Kier molecular flexibility index (Phi) is 6.35. The SMILES string of the molecule is CCCNC(=O)[C@@H]1[C@@H]2CC(C)C3(S2)C(C(=O)NC2CCCCC2)N(CCO)C(=O)[C@H]13. The van der Waals surface area contributed by atoms with E-state index >= 15 is 0 Å². The van der Waals surface area contributed by atoms with Crippen LogP contribution in [0.2, 0.25) is 0 Å². The van der Waals surface area contributed by atoms with Gasteiger partial charge in [-0.3, -0.25) is 14.4 Å². The number of fused-ring (bicyclic) bond motifs is 1. The standard InChI is InChI=1S/C22H35N3O4S/c1-3-9-23-19(27)16-15-12-13(2)22(30-15)17(16)21(29)25(10-11-26)18(22)20(28)24-14-7-5-4-6-8-14/h13-18,26H,3-12H2,1-2H3,(H,23,27)(H,24,28)/t13?,15-,16+,17-,18?,22?/m0/s1. The molecule has 4 rings (SSSR count). The number of nitrogens with zero attached hydrogens (tertiary/aromatic N) is 1. The molecule has 6 atom stereocenters. The molecule has 3 heterocycles. The summed E-state index contributed by atoms with van der Waals surface area (Å²) in [5, 5.41) is 15.9. The minimum Gasteiger partial charge on any atom is -0.395 e. The van der Waals surface area contributed by atoms with Crippen molar-refractivity contribution < 1.29 is 19.5 Å². The summed E-state index contributed by atoms with van der Waals surface area (Å²) in [6.07, 6.45) is 7.11. The Hall–Kier alpha value is -1.28. The minimum absolute atomic E-state index is 0.0567. The fourth-order valence-corrected chi connectivity index (χ4v) is 8.78. The molecule has 1 saturated carbocycles. The summed E-state index contributed by atoms with van der Waals surface area (Å²) >= 11 is 1.69. The molecule has 3 N–H and O–H groups in total. The lowest BCUT2D eigenvalue weighted by molar-refractivity contribution is -0.140. The van der Waals surface area contributed by atoms with Crippen molar-refractivity contribution in [2.45, 2.75) is 80.9 Å². The van der Waals surface area contributed by atoms with Crippen molar-refractivity contribution >= 4 is 29.5 Å². The number of hydrogen-bond donors (Lipinski definition) is 3. The average Bonchev–Trinajstić information content (AvgIpc) is 3.31. The van der Waals surface area contributed by atoms with E-state index < -0.39 is 16.7 Å². The second kappa shape index (κ2) is 8.69. The van der Waals surface area contributed by atoms with Gasteiger partial charge >= 0.3 is 0 Å². The number of amides is 3. The van der Waals surface area contributed by atoms with Crippen molar-refractivity contribution in [3.8, 4) is 0 Å². The maximum Gasteiger partial charge on any atom is 0.244 e. The van der Waals surface area contributed by atoms with Crippen molar-refractivity contribution in [1.82, 2.24) is 15.5 Å². The van der Waals surface area contributed by atoms with Crippen LogP contribution in [0.25, 0.3) is 0 Å². The van der Waals surface area contributed by atoms with Gasteiger partial charge in [0.25, 0.3) is 0 Å². The Morgan fingerprint density at radius 2 is 1.97 bits per heavy atom. The lowest BCUT2D eigenvalue weighted by Gasteiger charge is -2.39. The fourth-order valence-electron chi connectivity index (χ4n) is 6.36. The molecule has 4 aliphatic rings. The summed E-state index contributed by atoms with van der Waals surface area (Å²) in [5.41, 5.74) is 0. The lowest BCUT2D eigenvalue weighted by Crippen LogP contribution is -2.58. The van der Waals surface area contributed by atoms with Gasteiger partial charge in [0.05, 0.1) is 23.2 Å². The third kappa shape index (κ3) is 3.34. The van der Waals surface area contributed by atoms with Gasteiger partial charge in [-0.25, -0.2) is 0 Å². The first-order valence-electron chi connectivity index (χ1n) is 11.6. The van der Waals surface area contributed by atoms with E-state index in [2.05, 4.69) is 17.6 Å². The molecule has 3 unspecified atom stereocenters. The molecule has 0 aromatic heterocycles. The highest BCUT2D eigenvalue weighted by Crippen LogP contribution is 2.68. The lowest BCUT2D eigenvalue weighted by atomic mass is 9.65. The van der Waals surface area contributed by atoms with Gasteiger partial charge in [-0.15, -0.1) is 11.8 Å². The van der Waals surface area contributed by atoms with E-state index in [0.29, 0.717) is 6.54 Å². The van der Waals surface area contributed by atoms with Crippen LogP contribution in [0, 0.1) is 17.8 Å². The van der Waals surface area contributed by atoms with Crippen LogP contribution >= 0.6 is 11.8 Å². The van der Waals surface area contributed by atoms with Gasteiger partial charge in [0.2, 0.25) is 17.7 Å². The van der Waals surface area contributed by atoms with Gasteiger partial charge in [-0.05, 0) is 31.6 Å². The molecule has 1 aliphatic carbocycles. The number of rotatable bonds is 7. The monoisotopic (exact) mass is 437 g/mol. The number of hydrogen-bond acceptors (Lipinski definition) is 5. The third-order valence-corrected chi connectivity index (χ3v) is 9.71. The summed E-state index contributed by atoms with van der Waals surface area (Å²) in [5.74, 6) is -0.992. The molecule has 3 saturated heterocycles. The first-order valence-corrected chi connectivity index (χ1v) is 12.5. The predicted octanol–water partition coefficient (Wildman–Crippen LogP) is 1.29. The number of β-amino-alcohol motifs (C(OH)–C–C–N with tert-alkyl or cyclic N) is 1. The van der Waals surface area contributed by atoms with E-state index in [0.717, 1.165) is 38.5 Å². The van der Waals surface area contributed by atoms with Gasteiger partial charge in [0.1, 0.15) is 6.04 Å². The zero-order valence-electron chi connectivity index (χ0n) is 18.1. The van der Waals surface area contributed by atoms with E-state index in [4.69, 9.17) is 0 Å². The van der Waals surface area contributed by atoms with Gasteiger partial charge in [-0.2, -0.15) is 0 Å². The molecular formula is C22H35N3O4S. The van der Waals surface area contributed by atoms with Gasteiger partial charge < -0.3 is 20.6 Å². The fraction of sp³-hybridized carbons (Fsp3) is 0.864. The van der Waals surface area contributed by atoms with Crippen molar-refractivity contribution in [2.75, 3.05) is 19.7 Å². The van der Waals surface area contributed by atoms with Crippen LogP contribution in [0.4, 0.5) is 0 Å². The molecule has 0 aromatic rings. The van der Waals surface area contributed by atoms with Gasteiger partial charge in [0.15, 0.2) is 0 Å². The van der Waals surface area contributed by atoms with Crippen LogP contribution in [-0.4, -0.2) is 69.5 Å². The summed E-state index contributed by atoms with van der Waals surface area (Å²) in [6, 6.07) is -0.451. The topological polar surface area (TPSA) is 98.7 Å². The molecule has 8 heteroatoms. The molecule has 0 aromatic carbocycles. The molecule has 0 radical (unpaired) electrons. The number of likely N-dealkylation sites (tertiary alicyclic amines) is 1. The van der Waals surface area contributed by atoms with E-state index in [1.165, 1.54) is 6.42 Å². The summed E-state index contributed by atoms with van der Waals surface area (Å²) in [6.45, 7) is 4.69. The average molecular weight is 438 g/mol. The number of thioether (sulfide) groups is 1. The van der Waals surface area contributed by atoms with E-state index in [1.807, 2.05) is 6.92 Å². The first kappa shape index (κ1) is 21.9. The van der Waals surface area contributed by atoms with Crippen molar-refractivity contribution in [3.05, 3.63) is 0 Å². The maximum atomic E-state index is 13.6. The molecule has 4 fully saturated rings. The Morgan fingerprint density at radius 1 is 1.23 bits per heavy atom. The van der Waals surface area contributed by atoms with Crippen LogP contribution in [-0.2, 0) is 14.4 Å². The van der Waals surface area contributed by atoms with E-state index in [1.54, 1.807) is 16.7 Å². The van der Waals surface area contributed by atoms with Gasteiger partial charge in [0, 0.05) is 24.4 Å². The summed E-state index contributed by atoms with van der Waals surface area (Å²) in [7, 11) is 0. The molecule has 168 valence electrons. The van der Waals surface area contributed by atoms with Crippen molar-refractivity contribution in [1.29, 1.82) is 0 Å². The summed E-state index contributed by atoms with van der Waals surface area (Å²) < 4.78 is -0.579. The van der Waals surface area contributed by atoms with Crippen LogP contribution in [0.5, 0.6) is 0 Å². The third-order valence-electron chi connectivity index (χ3n) is 7.64. The van der Waals surface area contributed by atoms with Crippen LogP contribution in [0.15, 0.2) is 0 Å². The van der Waals surface area contributed by atoms with Crippen molar-refractivity contribution in [2.24, 2.45) is 17.8 Å². The molecule has 3 aliphatic heterocycles. The zero-order valence-corrected chi connectivity index (χ0v) is 18.9. The van der Waals surface area contributed by atoms with E-state index in [9.17, 15) is 19.5 Å². The molecular weight excluding hydrogens is 402 g/mol. The highest BCUT2D eigenvalue weighted by molar-refractivity contribution is 8.02. The minimum atomic E-state index is -0.613. The van der Waals surface area contributed by atoms with E-state index in [-0.39, 0.29) is 54.0 Å². The first-order chi connectivity index (χ1) is 14.5. The van der Waals surface area contributed by atoms with Crippen molar-refractivity contribution in [3.63, 3.8) is 0 Å². The summed E-state index contributed by atoms with van der Waals surface area (Å²) in [4.78, 5) is 41.7. The Labute approximate surface area is 183 Å². The van der Waals surface area contributed by atoms with Gasteiger partial charge in [-0.1, -0.05) is 33.1 Å². The highest BCUT2D eigenvalue weighted by Gasteiger charge is 2.75. The Bertz CT molecular complexity index is 698. The molecule has 1 spiro atoms. The number of carbonyl (C=O) groups excluding carboxylic acids is 3. The van der Waals surface area contributed by atoms with Crippen LogP contribution in [0.1, 0.15) is 58.8 Å². The number of aliphatic hydroxyl groups is 1. The molecule has 2 bridgehead atoms. The highest BCUT2D eigenvalue weighted by atomic mass is 32.2.